The molecule has 1 heterocycles. The van der Waals surface area contributed by atoms with Crippen LogP contribution >= 0.6 is 11.8 Å². The lowest BCUT2D eigenvalue weighted by Gasteiger charge is -2.36. The minimum Gasteiger partial charge on any atom is -0.492 e. The highest BCUT2D eigenvalue weighted by Gasteiger charge is 2.29. The van der Waals surface area contributed by atoms with Crippen molar-refractivity contribution in [1.82, 2.24) is 4.90 Å². The summed E-state index contributed by atoms with van der Waals surface area (Å²) < 4.78 is 42.9. The van der Waals surface area contributed by atoms with Gasteiger partial charge in [0.15, 0.2) is 0 Å². The molecule has 0 radical (unpaired) electrons. The van der Waals surface area contributed by atoms with Crippen LogP contribution in [0.3, 0.4) is 0 Å². The zero-order valence-corrected chi connectivity index (χ0v) is 16.2. The normalized spacial score (nSPS) is 14.9. The quantitative estimate of drug-likeness (QED) is 0.672. The fourth-order valence-electron chi connectivity index (χ4n) is 3.13. The van der Waals surface area contributed by atoms with E-state index in [1.807, 2.05) is 31.2 Å². The molecule has 2 aromatic carbocycles. The third kappa shape index (κ3) is 5.13. The first-order valence-corrected chi connectivity index (χ1v) is 9.81. The van der Waals surface area contributed by atoms with Crippen molar-refractivity contribution >= 4 is 23.4 Å². The summed E-state index contributed by atoms with van der Waals surface area (Å²) in [6, 6.07) is 13.4. The molecule has 1 amide bonds. The third-order valence-corrected chi connectivity index (χ3v) is 5.15. The van der Waals surface area contributed by atoms with Gasteiger partial charge in [-0.3, -0.25) is 4.79 Å². The second kappa shape index (κ2) is 8.77. The predicted octanol–water partition coefficient (Wildman–Crippen LogP) is 4.66. The van der Waals surface area contributed by atoms with Gasteiger partial charge in [0.1, 0.15) is 5.75 Å². The first-order valence-electron chi connectivity index (χ1n) is 8.99. The molecule has 1 saturated heterocycles. The van der Waals surface area contributed by atoms with Gasteiger partial charge in [0, 0.05) is 36.6 Å². The number of rotatable bonds is 5. The van der Waals surface area contributed by atoms with Crippen LogP contribution in [0.4, 0.5) is 18.9 Å². The Morgan fingerprint density at radius 1 is 1.04 bits per heavy atom. The maximum absolute atomic E-state index is 12.7. The first kappa shape index (κ1) is 20.4. The standard InChI is InChI=1S/C20H21F3N2O2S/c1-2-27-18-6-4-3-5-17(18)24-11-13-25(14-12-24)19(26)15-7-9-16(10-8-15)28-20(21,22)23/h3-10H,2,11-14H2,1H3. The Hall–Kier alpha value is -2.35. The molecule has 150 valence electrons. The van der Waals surface area contributed by atoms with Gasteiger partial charge < -0.3 is 14.5 Å². The Morgan fingerprint density at radius 2 is 1.68 bits per heavy atom. The summed E-state index contributed by atoms with van der Waals surface area (Å²) >= 11 is -0.184. The topological polar surface area (TPSA) is 32.8 Å². The molecule has 4 nitrogen and oxygen atoms in total. The monoisotopic (exact) mass is 410 g/mol. The average Bonchev–Trinajstić information content (AvgIpc) is 2.68. The molecule has 0 atom stereocenters. The van der Waals surface area contributed by atoms with Crippen LogP contribution in [0.2, 0.25) is 0 Å². The van der Waals surface area contributed by atoms with E-state index in [-0.39, 0.29) is 22.6 Å². The van der Waals surface area contributed by atoms with Crippen molar-refractivity contribution in [3.05, 3.63) is 54.1 Å². The van der Waals surface area contributed by atoms with Gasteiger partial charge in [-0.2, -0.15) is 13.2 Å². The molecule has 0 bridgehead atoms. The van der Waals surface area contributed by atoms with Crippen LogP contribution in [0.25, 0.3) is 0 Å². The van der Waals surface area contributed by atoms with E-state index < -0.39 is 5.51 Å². The van der Waals surface area contributed by atoms with Crippen molar-refractivity contribution in [2.45, 2.75) is 17.3 Å². The zero-order chi connectivity index (χ0) is 20.1. The van der Waals surface area contributed by atoms with E-state index in [0.29, 0.717) is 38.3 Å². The van der Waals surface area contributed by atoms with Gasteiger partial charge in [-0.1, -0.05) is 12.1 Å². The number of thioether (sulfide) groups is 1. The highest BCUT2D eigenvalue weighted by Crippen LogP contribution is 2.36. The van der Waals surface area contributed by atoms with Crippen molar-refractivity contribution in [1.29, 1.82) is 0 Å². The number of hydrogen-bond acceptors (Lipinski definition) is 4. The molecule has 0 N–H and O–H groups in total. The fourth-order valence-corrected chi connectivity index (χ4v) is 3.67. The van der Waals surface area contributed by atoms with Crippen molar-refractivity contribution in [2.75, 3.05) is 37.7 Å². The molecule has 0 spiro atoms. The lowest BCUT2D eigenvalue weighted by molar-refractivity contribution is -0.0328. The summed E-state index contributed by atoms with van der Waals surface area (Å²) in [4.78, 5) is 16.6. The summed E-state index contributed by atoms with van der Waals surface area (Å²) in [6.07, 6.45) is 0. The van der Waals surface area contributed by atoms with Crippen LogP contribution in [-0.4, -0.2) is 49.1 Å². The molecule has 0 saturated carbocycles. The van der Waals surface area contributed by atoms with Crippen LogP contribution in [0.15, 0.2) is 53.4 Å². The number of para-hydroxylation sites is 2. The Morgan fingerprint density at radius 3 is 2.29 bits per heavy atom. The van der Waals surface area contributed by atoms with Crippen molar-refractivity contribution in [3.63, 3.8) is 0 Å². The molecule has 1 aliphatic heterocycles. The highest BCUT2D eigenvalue weighted by atomic mass is 32.2. The maximum atomic E-state index is 12.7. The lowest BCUT2D eigenvalue weighted by atomic mass is 10.1. The van der Waals surface area contributed by atoms with Crippen LogP contribution in [0.1, 0.15) is 17.3 Å². The zero-order valence-electron chi connectivity index (χ0n) is 15.4. The molecular weight excluding hydrogens is 389 g/mol. The minimum absolute atomic E-state index is 0.0707. The number of carbonyl (C=O) groups is 1. The first-order chi connectivity index (χ1) is 13.4. The molecule has 1 aliphatic rings. The maximum Gasteiger partial charge on any atom is 0.446 e. The molecule has 2 aromatic rings. The number of benzene rings is 2. The van der Waals surface area contributed by atoms with E-state index in [1.54, 1.807) is 4.90 Å². The van der Waals surface area contributed by atoms with Crippen LogP contribution in [0, 0.1) is 0 Å². The Kier molecular flexibility index (Phi) is 6.39. The summed E-state index contributed by atoms with van der Waals surface area (Å²) in [5, 5.41) is 0. The van der Waals surface area contributed by atoms with Gasteiger partial charge in [-0.05, 0) is 55.1 Å². The van der Waals surface area contributed by atoms with E-state index in [4.69, 9.17) is 4.74 Å². The van der Waals surface area contributed by atoms with Crippen molar-refractivity contribution in [3.8, 4) is 5.75 Å². The Labute approximate surface area is 166 Å². The summed E-state index contributed by atoms with van der Waals surface area (Å²) in [7, 11) is 0. The number of nitrogens with zero attached hydrogens (tertiary/aromatic N) is 2. The van der Waals surface area contributed by atoms with Gasteiger partial charge in [-0.25, -0.2) is 0 Å². The third-order valence-electron chi connectivity index (χ3n) is 4.41. The Balaban J connectivity index is 1.61. The van der Waals surface area contributed by atoms with E-state index in [9.17, 15) is 18.0 Å². The van der Waals surface area contributed by atoms with Crippen LogP contribution in [0.5, 0.6) is 5.75 Å². The van der Waals surface area contributed by atoms with Gasteiger partial charge >= 0.3 is 5.51 Å². The van der Waals surface area contributed by atoms with Crippen LogP contribution in [-0.2, 0) is 0 Å². The number of carbonyl (C=O) groups excluding carboxylic acids is 1. The van der Waals surface area contributed by atoms with E-state index in [2.05, 4.69) is 4.90 Å². The molecule has 0 aromatic heterocycles. The second-order valence-electron chi connectivity index (χ2n) is 6.25. The fraction of sp³-hybridized carbons (Fsp3) is 0.350. The van der Waals surface area contributed by atoms with Crippen molar-refractivity contribution in [2.24, 2.45) is 0 Å². The summed E-state index contributed by atoms with van der Waals surface area (Å²) in [5.74, 6) is 0.656. The molecule has 0 unspecified atom stereocenters. The average molecular weight is 410 g/mol. The number of hydrogen-bond donors (Lipinski definition) is 0. The second-order valence-corrected chi connectivity index (χ2v) is 7.39. The number of amides is 1. The van der Waals surface area contributed by atoms with Gasteiger partial charge in [-0.15, -0.1) is 0 Å². The molecule has 28 heavy (non-hydrogen) atoms. The lowest BCUT2D eigenvalue weighted by Crippen LogP contribution is -2.48. The predicted molar refractivity (Wildman–Crippen MR) is 104 cm³/mol. The van der Waals surface area contributed by atoms with Gasteiger partial charge in [0.05, 0.1) is 12.3 Å². The largest absolute Gasteiger partial charge is 0.492 e. The van der Waals surface area contributed by atoms with E-state index in [1.165, 1.54) is 24.3 Å². The van der Waals surface area contributed by atoms with Gasteiger partial charge in [0.2, 0.25) is 0 Å². The molecule has 0 aliphatic carbocycles. The van der Waals surface area contributed by atoms with Gasteiger partial charge in [0.25, 0.3) is 5.91 Å². The molecule has 8 heteroatoms. The van der Waals surface area contributed by atoms with Crippen molar-refractivity contribution < 1.29 is 22.7 Å². The van der Waals surface area contributed by atoms with E-state index in [0.717, 1.165) is 11.4 Å². The number of piperazine rings is 1. The number of halogens is 3. The highest BCUT2D eigenvalue weighted by molar-refractivity contribution is 8.00. The summed E-state index contributed by atoms with van der Waals surface area (Å²) in [6.45, 7) is 4.93. The molecule has 3 rings (SSSR count). The number of anilines is 1. The van der Waals surface area contributed by atoms with Crippen LogP contribution < -0.4 is 9.64 Å². The number of alkyl halides is 3. The Bertz CT molecular complexity index is 804. The SMILES string of the molecule is CCOc1ccccc1N1CCN(C(=O)c2ccc(SC(F)(F)F)cc2)CC1. The minimum atomic E-state index is -4.33. The smallest absolute Gasteiger partial charge is 0.446 e. The molecule has 1 fully saturated rings. The summed E-state index contributed by atoms with van der Waals surface area (Å²) in [5.41, 5.74) is -2.93. The number of ether oxygens (including phenoxy) is 1. The van der Waals surface area contributed by atoms with E-state index >= 15 is 0 Å². The molecular formula is C20H21F3N2O2S.